The van der Waals surface area contributed by atoms with Gasteiger partial charge in [-0.3, -0.25) is 0 Å². The Morgan fingerprint density at radius 1 is 1.29 bits per heavy atom. The van der Waals surface area contributed by atoms with Gasteiger partial charge in [0.2, 0.25) is 0 Å². The van der Waals surface area contributed by atoms with Crippen molar-refractivity contribution < 1.29 is 4.74 Å². The van der Waals surface area contributed by atoms with Crippen LogP contribution < -0.4 is 10.1 Å². The van der Waals surface area contributed by atoms with E-state index >= 15 is 0 Å². The highest BCUT2D eigenvalue weighted by Crippen LogP contribution is 2.26. The van der Waals surface area contributed by atoms with E-state index in [-0.39, 0.29) is 0 Å². The first-order valence-corrected chi connectivity index (χ1v) is 7.20. The number of hydrogen-bond acceptors (Lipinski definition) is 3. The SMILES string of the molecule is CCCNCCOc1cccc(SC(C)C)c1. The molecular formula is C14H23NOS. The number of benzene rings is 1. The minimum Gasteiger partial charge on any atom is -0.492 e. The van der Waals surface area contributed by atoms with Crippen molar-refractivity contribution in [3.63, 3.8) is 0 Å². The topological polar surface area (TPSA) is 21.3 Å². The Hall–Kier alpha value is -0.670. The Labute approximate surface area is 109 Å². The van der Waals surface area contributed by atoms with Gasteiger partial charge in [-0.15, -0.1) is 11.8 Å². The number of hydrogen-bond donors (Lipinski definition) is 1. The Morgan fingerprint density at radius 3 is 2.82 bits per heavy atom. The summed E-state index contributed by atoms with van der Waals surface area (Å²) < 4.78 is 5.70. The van der Waals surface area contributed by atoms with Crippen LogP contribution in [0.25, 0.3) is 0 Å². The Balaban J connectivity index is 2.32. The smallest absolute Gasteiger partial charge is 0.120 e. The van der Waals surface area contributed by atoms with Crippen LogP contribution in [0.15, 0.2) is 29.2 Å². The predicted molar refractivity (Wildman–Crippen MR) is 76.1 cm³/mol. The molecule has 96 valence electrons. The molecule has 0 saturated carbocycles. The van der Waals surface area contributed by atoms with Crippen molar-refractivity contribution in [2.45, 2.75) is 37.3 Å². The molecule has 0 heterocycles. The summed E-state index contributed by atoms with van der Waals surface area (Å²) in [5.41, 5.74) is 0. The Bertz CT molecular complexity index is 315. The van der Waals surface area contributed by atoms with Crippen LogP contribution in [0.4, 0.5) is 0 Å². The Kier molecular flexibility index (Phi) is 7.13. The van der Waals surface area contributed by atoms with E-state index < -0.39 is 0 Å². The second kappa shape index (κ2) is 8.43. The van der Waals surface area contributed by atoms with Crippen LogP contribution in [-0.2, 0) is 0 Å². The second-order valence-corrected chi connectivity index (χ2v) is 5.89. The summed E-state index contributed by atoms with van der Waals surface area (Å²) in [7, 11) is 0. The monoisotopic (exact) mass is 253 g/mol. The third-order valence-corrected chi connectivity index (χ3v) is 3.15. The molecule has 3 heteroatoms. The minimum atomic E-state index is 0.608. The van der Waals surface area contributed by atoms with E-state index in [2.05, 4.69) is 44.3 Å². The molecule has 0 amide bonds. The summed E-state index contributed by atoms with van der Waals surface area (Å²) >= 11 is 1.86. The zero-order valence-electron chi connectivity index (χ0n) is 11.0. The van der Waals surface area contributed by atoms with Gasteiger partial charge >= 0.3 is 0 Å². The van der Waals surface area contributed by atoms with Crippen molar-refractivity contribution in [2.24, 2.45) is 0 Å². The van der Waals surface area contributed by atoms with Gasteiger partial charge in [0.15, 0.2) is 0 Å². The van der Waals surface area contributed by atoms with E-state index in [1.807, 2.05) is 17.8 Å². The number of thioether (sulfide) groups is 1. The van der Waals surface area contributed by atoms with Gasteiger partial charge in [0.05, 0.1) is 0 Å². The van der Waals surface area contributed by atoms with Crippen molar-refractivity contribution in [1.82, 2.24) is 5.32 Å². The average Bonchev–Trinajstić information content (AvgIpc) is 2.28. The third kappa shape index (κ3) is 6.59. The lowest BCUT2D eigenvalue weighted by molar-refractivity contribution is 0.313. The molecule has 0 spiro atoms. The van der Waals surface area contributed by atoms with Crippen LogP contribution in [0, 0.1) is 0 Å². The molecule has 0 aliphatic heterocycles. The molecule has 0 aliphatic rings. The molecule has 0 bridgehead atoms. The summed E-state index contributed by atoms with van der Waals surface area (Å²) in [6, 6.07) is 8.32. The maximum Gasteiger partial charge on any atom is 0.120 e. The van der Waals surface area contributed by atoms with E-state index in [0.717, 1.165) is 25.4 Å². The molecule has 2 nitrogen and oxygen atoms in total. The first-order chi connectivity index (χ1) is 8.22. The molecule has 0 unspecified atom stereocenters. The molecular weight excluding hydrogens is 230 g/mol. The maximum absolute atomic E-state index is 5.70. The molecule has 0 saturated heterocycles. The summed E-state index contributed by atoms with van der Waals surface area (Å²) in [4.78, 5) is 1.28. The molecule has 1 N–H and O–H groups in total. The van der Waals surface area contributed by atoms with Crippen molar-refractivity contribution in [3.05, 3.63) is 24.3 Å². The summed E-state index contributed by atoms with van der Waals surface area (Å²) in [6.45, 7) is 9.28. The molecule has 1 aromatic rings. The predicted octanol–water partition coefficient (Wildman–Crippen LogP) is 3.57. The fourth-order valence-corrected chi connectivity index (χ4v) is 2.34. The van der Waals surface area contributed by atoms with Crippen LogP contribution in [-0.4, -0.2) is 24.9 Å². The van der Waals surface area contributed by atoms with Crippen LogP contribution in [0.1, 0.15) is 27.2 Å². The van der Waals surface area contributed by atoms with Crippen LogP contribution >= 0.6 is 11.8 Å². The highest BCUT2D eigenvalue weighted by Gasteiger charge is 2.00. The first-order valence-electron chi connectivity index (χ1n) is 6.32. The van der Waals surface area contributed by atoms with Crippen molar-refractivity contribution in [1.29, 1.82) is 0 Å². The molecule has 17 heavy (non-hydrogen) atoms. The van der Waals surface area contributed by atoms with Crippen molar-refractivity contribution in [2.75, 3.05) is 19.7 Å². The molecule has 0 atom stereocenters. The fraction of sp³-hybridized carbons (Fsp3) is 0.571. The highest BCUT2D eigenvalue weighted by atomic mass is 32.2. The summed E-state index contributed by atoms with van der Waals surface area (Å²) in [5.74, 6) is 0.967. The van der Waals surface area contributed by atoms with Gasteiger partial charge in [0.1, 0.15) is 12.4 Å². The standard InChI is InChI=1S/C14H23NOS/c1-4-8-15-9-10-16-13-6-5-7-14(11-13)17-12(2)3/h5-7,11-12,15H,4,8-10H2,1-3H3. The van der Waals surface area contributed by atoms with E-state index in [9.17, 15) is 0 Å². The van der Waals surface area contributed by atoms with E-state index in [0.29, 0.717) is 5.25 Å². The Morgan fingerprint density at radius 2 is 2.12 bits per heavy atom. The summed E-state index contributed by atoms with van der Waals surface area (Å²) in [5, 5.41) is 3.93. The molecule has 0 aliphatic carbocycles. The zero-order valence-corrected chi connectivity index (χ0v) is 11.8. The van der Waals surface area contributed by atoms with Crippen LogP contribution in [0.3, 0.4) is 0 Å². The van der Waals surface area contributed by atoms with Gasteiger partial charge in [-0.1, -0.05) is 26.8 Å². The van der Waals surface area contributed by atoms with E-state index in [1.54, 1.807) is 0 Å². The van der Waals surface area contributed by atoms with Crippen LogP contribution in [0.2, 0.25) is 0 Å². The fourth-order valence-electron chi connectivity index (χ4n) is 1.45. The van der Waals surface area contributed by atoms with Gasteiger partial charge < -0.3 is 10.1 Å². The quantitative estimate of drug-likeness (QED) is 0.565. The number of nitrogens with one attached hydrogen (secondary N) is 1. The summed E-state index contributed by atoms with van der Waals surface area (Å²) in [6.07, 6.45) is 1.17. The maximum atomic E-state index is 5.70. The van der Waals surface area contributed by atoms with Crippen LogP contribution in [0.5, 0.6) is 5.75 Å². The molecule has 0 radical (unpaired) electrons. The van der Waals surface area contributed by atoms with E-state index in [1.165, 1.54) is 11.3 Å². The number of rotatable bonds is 8. The minimum absolute atomic E-state index is 0.608. The lowest BCUT2D eigenvalue weighted by Crippen LogP contribution is -2.21. The van der Waals surface area contributed by atoms with Gasteiger partial charge in [0, 0.05) is 16.7 Å². The van der Waals surface area contributed by atoms with Gasteiger partial charge in [-0.05, 0) is 31.2 Å². The second-order valence-electron chi connectivity index (χ2n) is 4.24. The highest BCUT2D eigenvalue weighted by molar-refractivity contribution is 7.99. The molecule has 1 rings (SSSR count). The lowest BCUT2D eigenvalue weighted by Gasteiger charge is -2.09. The van der Waals surface area contributed by atoms with Gasteiger partial charge in [-0.2, -0.15) is 0 Å². The van der Waals surface area contributed by atoms with Crippen molar-refractivity contribution >= 4 is 11.8 Å². The van der Waals surface area contributed by atoms with Gasteiger partial charge in [-0.25, -0.2) is 0 Å². The van der Waals surface area contributed by atoms with Gasteiger partial charge in [0.25, 0.3) is 0 Å². The molecule has 0 aromatic heterocycles. The normalized spacial score (nSPS) is 10.8. The first kappa shape index (κ1) is 14.4. The largest absolute Gasteiger partial charge is 0.492 e. The average molecular weight is 253 g/mol. The van der Waals surface area contributed by atoms with Crippen molar-refractivity contribution in [3.8, 4) is 5.75 Å². The third-order valence-electron chi connectivity index (χ3n) is 2.15. The van der Waals surface area contributed by atoms with E-state index in [4.69, 9.17) is 4.74 Å². The zero-order chi connectivity index (χ0) is 12.5. The lowest BCUT2D eigenvalue weighted by atomic mass is 10.3. The molecule has 1 aromatic carbocycles. The molecule has 0 fully saturated rings. The number of ether oxygens (including phenoxy) is 1.